The molecule has 0 fully saturated rings. The van der Waals surface area contributed by atoms with E-state index in [9.17, 15) is 0 Å². The van der Waals surface area contributed by atoms with Crippen molar-refractivity contribution in [3.05, 3.63) is 30.1 Å². The molecule has 1 heterocycles. The molecule has 80 valence electrons. The monoisotopic (exact) mass is 195 g/mol. The molecule has 1 rings (SSSR count). The summed E-state index contributed by atoms with van der Waals surface area (Å²) in [4.78, 5) is 3.85. The molecule has 0 aromatic carbocycles. The first-order valence-electron chi connectivity index (χ1n) is 5.25. The standard InChI is InChI=1S/C6H7N.C6H14O/c1-6-2-4-7-5-3-6;1-3-5-7-6-4-2/h2-5H,1H3;3-6H2,1-2H3. The summed E-state index contributed by atoms with van der Waals surface area (Å²) in [7, 11) is 0. The van der Waals surface area contributed by atoms with Crippen molar-refractivity contribution in [2.24, 2.45) is 0 Å². The molecule has 0 saturated heterocycles. The maximum atomic E-state index is 5.13. The summed E-state index contributed by atoms with van der Waals surface area (Å²) in [6.45, 7) is 8.13. The van der Waals surface area contributed by atoms with E-state index in [4.69, 9.17) is 4.74 Å². The van der Waals surface area contributed by atoms with Gasteiger partial charge in [-0.25, -0.2) is 0 Å². The summed E-state index contributed by atoms with van der Waals surface area (Å²) < 4.78 is 5.13. The van der Waals surface area contributed by atoms with E-state index < -0.39 is 0 Å². The SMILES string of the molecule is CCCOCCC.Cc1ccncc1. The molecule has 0 saturated carbocycles. The lowest BCUT2D eigenvalue weighted by Crippen LogP contribution is -1.92. The fourth-order valence-electron chi connectivity index (χ4n) is 0.817. The first-order valence-corrected chi connectivity index (χ1v) is 5.25. The van der Waals surface area contributed by atoms with Crippen LogP contribution in [0.1, 0.15) is 32.3 Å². The minimum absolute atomic E-state index is 0.924. The van der Waals surface area contributed by atoms with Crippen LogP contribution in [-0.4, -0.2) is 18.2 Å². The van der Waals surface area contributed by atoms with Crippen LogP contribution in [0.4, 0.5) is 0 Å². The lowest BCUT2D eigenvalue weighted by molar-refractivity contribution is 0.135. The summed E-state index contributed by atoms with van der Waals surface area (Å²) in [5.41, 5.74) is 1.26. The number of hydrogen-bond donors (Lipinski definition) is 0. The van der Waals surface area contributed by atoms with Crippen LogP contribution >= 0.6 is 0 Å². The summed E-state index contributed by atoms with van der Waals surface area (Å²) in [5.74, 6) is 0. The maximum Gasteiger partial charge on any atom is 0.0463 e. The Bertz CT molecular complexity index is 195. The molecule has 0 aliphatic carbocycles. The van der Waals surface area contributed by atoms with E-state index in [1.807, 2.05) is 19.1 Å². The number of aryl methyl sites for hydroxylation is 1. The van der Waals surface area contributed by atoms with Gasteiger partial charge in [-0.3, -0.25) is 4.98 Å². The van der Waals surface area contributed by atoms with Crippen LogP contribution < -0.4 is 0 Å². The van der Waals surface area contributed by atoms with Crippen LogP contribution in [0.2, 0.25) is 0 Å². The van der Waals surface area contributed by atoms with Crippen LogP contribution in [0.5, 0.6) is 0 Å². The summed E-state index contributed by atoms with van der Waals surface area (Å²) in [6, 6.07) is 3.94. The number of aromatic nitrogens is 1. The molecule has 14 heavy (non-hydrogen) atoms. The van der Waals surface area contributed by atoms with Crippen LogP contribution in [0.3, 0.4) is 0 Å². The molecule has 0 N–H and O–H groups in total. The Labute approximate surface area is 87.3 Å². The predicted molar refractivity (Wildman–Crippen MR) is 60.4 cm³/mol. The number of pyridine rings is 1. The highest BCUT2D eigenvalue weighted by molar-refractivity contribution is 5.05. The molecule has 0 aliphatic heterocycles. The summed E-state index contributed by atoms with van der Waals surface area (Å²) >= 11 is 0. The zero-order valence-electron chi connectivity index (χ0n) is 9.49. The lowest BCUT2D eigenvalue weighted by atomic mass is 10.3. The van der Waals surface area contributed by atoms with E-state index in [2.05, 4.69) is 18.8 Å². The molecule has 0 aliphatic rings. The number of rotatable bonds is 4. The molecule has 0 radical (unpaired) electrons. The van der Waals surface area contributed by atoms with E-state index in [1.165, 1.54) is 5.56 Å². The topological polar surface area (TPSA) is 22.1 Å². The quantitative estimate of drug-likeness (QED) is 0.688. The van der Waals surface area contributed by atoms with Gasteiger partial charge < -0.3 is 4.74 Å². The molecule has 0 spiro atoms. The smallest absolute Gasteiger partial charge is 0.0463 e. The van der Waals surface area contributed by atoms with Gasteiger partial charge in [0.15, 0.2) is 0 Å². The van der Waals surface area contributed by atoms with Crippen LogP contribution in [0.25, 0.3) is 0 Å². The molecule has 2 nitrogen and oxygen atoms in total. The third kappa shape index (κ3) is 9.20. The number of hydrogen-bond acceptors (Lipinski definition) is 2. The molecule has 0 atom stereocenters. The molecular weight excluding hydrogens is 174 g/mol. The highest BCUT2D eigenvalue weighted by Gasteiger charge is 1.78. The Balaban J connectivity index is 0.000000241. The Kier molecular flexibility index (Phi) is 9.54. The van der Waals surface area contributed by atoms with Crippen molar-refractivity contribution in [2.45, 2.75) is 33.6 Å². The zero-order valence-corrected chi connectivity index (χ0v) is 9.49. The van der Waals surface area contributed by atoms with Gasteiger partial charge in [-0.15, -0.1) is 0 Å². The average molecular weight is 195 g/mol. The van der Waals surface area contributed by atoms with Gasteiger partial charge in [-0.05, 0) is 37.5 Å². The zero-order chi connectivity index (χ0) is 10.6. The van der Waals surface area contributed by atoms with Crippen molar-refractivity contribution in [3.8, 4) is 0 Å². The predicted octanol–water partition coefficient (Wildman–Crippen LogP) is 3.21. The normalized spacial score (nSPS) is 9.07. The minimum Gasteiger partial charge on any atom is -0.381 e. The lowest BCUT2D eigenvalue weighted by Gasteiger charge is -1.95. The van der Waals surface area contributed by atoms with Crippen molar-refractivity contribution in [1.82, 2.24) is 4.98 Å². The molecule has 0 bridgehead atoms. The van der Waals surface area contributed by atoms with Crippen molar-refractivity contribution in [3.63, 3.8) is 0 Å². The van der Waals surface area contributed by atoms with Gasteiger partial charge in [-0.1, -0.05) is 13.8 Å². The highest BCUT2D eigenvalue weighted by Crippen LogP contribution is 1.88. The number of ether oxygens (including phenoxy) is 1. The summed E-state index contributed by atoms with van der Waals surface area (Å²) in [6.07, 6.45) is 5.85. The van der Waals surface area contributed by atoms with Crippen molar-refractivity contribution in [2.75, 3.05) is 13.2 Å². The Morgan fingerprint density at radius 3 is 1.86 bits per heavy atom. The van der Waals surface area contributed by atoms with Crippen molar-refractivity contribution in [1.29, 1.82) is 0 Å². The number of nitrogens with zero attached hydrogens (tertiary/aromatic N) is 1. The highest BCUT2D eigenvalue weighted by atomic mass is 16.5. The first-order chi connectivity index (χ1) is 6.81. The average Bonchev–Trinajstić information content (AvgIpc) is 2.21. The fourth-order valence-corrected chi connectivity index (χ4v) is 0.817. The minimum atomic E-state index is 0.924. The van der Waals surface area contributed by atoms with Crippen LogP contribution in [-0.2, 0) is 4.74 Å². The van der Waals surface area contributed by atoms with Crippen LogP contribution in [0, 0.1) is 6.92 Å². The Morgan fingerprint density at radius 2 is 1.57 bits per heavy atom. The van der Waals surface area contributed by atoms with Gasteiger partial charge in [0.2, 0.25) is 0 Å². The van der Waals surface area contributed by atoms with E-state index in [1.54, 1.807) is 12.4 Å². The van der Waals surface area contributed by atoms with Crippen molar-refractivity contribution < 1.29 is 4.74 Å². The van der Waals surface area contributed by atoms with E-state index in [-0.39, 0.29) is 0 Å². The third-order valence-corrected chi connectivity index (χ3v) is 1.54. The second-order valence-electron chi connectivity index (χ2n) is 3.14. The van der Waals surface area contributed by atoms with E-state index in [0.29, 0.717) is 0 Å². The Hall–Kier alpha value is -0.890. The van der Waals surface area contributed by atoms with E-state index in [0.717, 1.165) is 26.1 Å². The van der Waals surface area contributed by atoms with Gasteiger partial charge in [0.05, 0.1) is 0 Å². The molecular formula is C12H21NO. The maximum absolute atomic E-state index is 5.13. The Morgan fingerprint density at radius 1 is 1.07 bits per heavy atom. The first kappa shape index (κ1) is 13.1. The van der Waals surface area contributed by atoms with Gasteiger partial charge >= 0.3 is 0 Å². The second kappa shape index (κ2) is 10.2. The van der Waals surface area contributed by atoms with Crippen LogP contribution in [0.15, 0.2) is 24.5 Å². The second-order valence-corrected chi connectivity index (χ2v) is 3.14. The largest absolute Gasteiger partial charge is 0.381 e. The van der Waals surface area contributed by atoms with Gasteiger partial charge in [0.25, 0.3) is 0 Å². The van der Waals surface area contributed by atoms with Crippen molar-refractivity contribution >= 4 is 0 Å². The molecule has 2 heteroatoms. The summed E-state index contributed by atoms with van der Waals surface area (Å²) in [5, 5.41) is 0. The molecule has 0 amide bonds. The van der Waals surface area contributed by atoms with Gasteiger partial charge in [0.1, 0.15) is 0 Å². The van der Waals surface area contributed by atoms with Gasteiger partial charge in [0, 0.05) is 25.6 Å². The molecule has 0 unspecified atom stereocenters. The van der Waals surface area contributed by atoms with Gasteiger partial charge in [-0.2, -0.15) is 0 Å². The third-order valence-electron chi connectivity index (χ3n) is 1.54. The molecule has 1 aromatic heterocycles. The molecule has 1 aromatic rings. The fraction of sp³-hybridized carbons (Fsp3) is 0.583. The van der Waals surface area contributed by atoms with E-state index >= 15 is 0 Å².